The smallest absolute Gasteiger partial charge is 0.235 e. The molecule has 20 heavy (non-hydrogen) atoms. The largest absolute Gasteiger partial charge is 0.475 e. The summed E-state index contributed by atoms with van der Waals surface area (Å²) in [6.45, 7) is 12.3. The van der Waals surface area contributed by atoms with Crippen LogP contribution in [0.15, 0.2) is 0 Å². The quantitative estimate of drug-likeness (QED) is 0.811. The third-order valence-corrected chi connectivity index (χ3v) is 3.92. The van der Waals surface area contributed by atoms with Crippen LogP contribution in [0.5, 0.6) is 5.88 Å². The normalized spacial score (nSPS) is 17.4. The first-order valence-electron chi connectivity index (χ1n) is 7.48. The van der Waals surface area contributed by atoms with E-state index in [1.165, 1.54) is 0 Å². The van der Waals surface area contributed by atoms with Gasteiger partial charge in [-0.1, -0.05) is 6.92 Å². The molecule has 0 atom stereocenters. The van der Waals surface area contributed by atoms with Crippen molar-refractivity contribution < 1.29 is 4.74 Å². The minimum Gasteiger partial charge on any atom is -0.475 e. The van der Waals surface area contributed by atoms with Crippen LogP contribution < -0.4 is 4.74 Å². The molecule has 0 saturated carbocycles. The highest BCUT2D eigenvalue weighted by Gasteiger charge is 2.14. The lowest BCUT2D eigenvalue weighted by Gasteiger charge is -2.32. The first-order valence-corrected chi connectivity index (χ1v) is 7.48. The van der Waals surface area contributed by atoms with Crippen LogP contribution in [0.2, 0.25) is 0 Å². The predicted octanol–water partition coefficient (Wildman–Crippen LogP) is 1.28. The van der Waals surface area contributed by atoms with Gasteiger partial charge in [0.1, 0.15) is 12.3 Å². The molecule has 2 heterocycles. The molecule has 1 aliphatic rings. The number of rotatable bonds is 5. The SMILES string of the molecule is CCc1nc(C)c(C)nc1OCCN1CCN(C)CC1. The average Bonchev–Trinajstić information content (AvgIpc) is 2.44. The van der Waals surface area contributed by atoms with E-state index in [-0.39, 0.29) is 0 Å². The molecule has 0 spiro atoms. The van der Waals surface area contributed by atoms with Gasteiger partial charge in [0.2, 0.25) is 5.88 Å². The second kappa shape index (κ2) is 6.99. The zero-order valence-electron chi connectivity index (χ0n) is 13.1. The first kappa shape index (κ1) is 15.2. The maximum atomic E-state index is 5.86. The van der Waals surface area contributed by atoms with Crippen molar-refractivity contribution in [3.63, 3.8) is 0 Å². The molecule has 1 aliphatic heterocycles. The summed E-state index contributed by atoms with van der Waals surface area (Å²) in [6.07, 6.45) is 0.859. The van der Waals surface area contributed by atoms with E-state index in [1.807, 2.05) is 13.8 Å². The van der Waals surface area contributed by atoms with Crippen LogP contribution in [-0.4, -0.2) is 66.1 Å². The Morgan fingerprint density at radius 3 is 2.35 bits per heavy atom. The third-order valence-electron chi connectivity index (χ3n) is 3.92. The second-order valence-electron chi connectivity index (χ2n) is 5.49. The maximum Gasteiger partial charge on any atom is 0.235 e. The lowest BCUT2D eigenvalue weighted by molar-refractivity contribution is 0.132. The number of hydrogen-bond acceptors (Lipinski definition) is 5. The van der Waals surface area contributed by atoms with Crippen LogP contribution in [0.3, 0.4) is 0 Å². The molecule has 1 saturated heterocycles. The Balaban J connectivity index is 1.86. The highest BCUT2D eigenvalue weighted by Crippen LogP contribution is 2.16. The van der Waals surface area contributed by atoms with Gasteiger partial charge >= 0.3 is 0 Å². The fourth-order valence-electron chi connectivity index (χ4n) is 2.32. The van der Waals surface area contributed by atoms with Gasteiger partial charge in [-0.15, -0.1) is 0 Å². The molecule has 0 radical (unpaired) electrons. The number of piperazine rings is 1. The minimum absolute atomic E-state index is 0.688. The molecule has 5 nitrogen and oxygen atoms in total. The molecular formula is C15H26N4O. The molecule has 2 rings (SSSR count). The van der Waals surface area contributed by atoms with Gasteiger partial charge in [0.05, 0.1) is 11.4 Å². The summed E-state index contributed by atoms with van der Waals surface area (Å²) in [5.41, 5.74) is 2.91. The molecular weight excluding hydrogens is 252 g/mol. The van der Waals surface area contributed by atoms with Crippen LogP contribution in [0, 0.1) is 13.8 Å². The number of aryl methyl sites for hydroxylation is 3. The number of likely N-dealkylation sites (N-methyl/N-ethyl adjacent to an activating group) is 1. The van der Waals surface area contributed by atoms with E-state index < -0.39 is 0 Å². The monoisotopic (exact) mass is 278 g/mol. The van der Waals surface area contributed by atoms with E-state index in [9.17, 15) is 0 Å². The third kappa shape index (κ3) is 3.90. The summed E-state index contributed by atoms with van der Waals surface area (Å²) < 4.78 is 5.86. The van der Waals surface area contributed by atoms with Crippen molar-refractivity contribution in [2.24, 2.45) is 0 Å². The topological polar surface area (TPSA) is 41.5 Å². The summed E-state index contributed by atoms with van der Waals surface area (Å²) in [7, 11) is 2.17. The van der Waals surface area contributed by atoms with Crippen LogP contribution in [0.1, 0.15) is 24.0 Å². The van der Waals surface area contributed by atoms with E-state index in [0.717, 1.165) is 56.2 Å². The van der Waals surface area contributed by atoms with E-state index in [1.54, 1.807) is 0 Å². The Morgan fingerprint density at radius 1 is 1.05 bits per heavy atom. The summed E-state index contributed by atoms with van der Waals surface area (Å²) >= 11 is 0. The zero-order valence-corrected chi connectivity index (χ0v) is 13.1. The summed E-state index contributed by atoms with van der Waals surface area (Å²) in [5, 5.41) is 0. The minimum atomic E-state index is 0.688. The van der Waals surface area contributed by atoms with Gasteiger partial charge in [0.15, 0.2) is 0 Å². The van der Waals surface area contributed by atoms with Crippen LogP contribution >= 0.6 is 0 Å². The summed E-state index contributed by atoms with van der Waals surface area (Å²) in [6, 6.07) is 0. The van der Waals surface area contributed by atoms with Gasteiger partial charge < -0.3 is 9.64 Å². The van der Waals surface area contributed by atoms with Crippen molar-refractivity contribution in [1.82, 2.24) is 19.8 Å². The van der Waals surface area contributed by atoms with Crippen molar-refractivity contribution in [3.8, 4) is 5.88 Å². The Kier molecular flexibility index (Phi) is 5.31. The van der Waals surface area contributed by atoms with Gasteiger partial charge in [-0.2, -0.15) is 0 Å². The van der Waals surface area contributed by atoms with Gasteiger partial charge in [0, 0.05) is 32.7 Å². The molecule has 1 aromatic rings. The molecule has 0 unspecified atom stereocenters. The highest BCUT2D eigenvalue weighted by atomic mass is 16.5. The van der Waals surface area contributed by atoms with Crippen molar-refractivity contribution in [1.29, 1.82) is 0 Å². The Labute approximate surface area is 122 Å². The summed E-state index contributed by atoms with van der Waals surface area (Å²) in [5.74, 6) is 0.713. The molecule has 5 heteroatoms. The second-order valence-corrected chi connectivity index (χ2v) is 5.49. The first-order chi connectivity index (χ1) is 9.60. The van der Waals surface area contributed by atoms with Gasteiger partial charge in [-0.05, 0) is 27.3 Å². The van der Waals surface area contributed by atoms with Crippen molar-refractivity contribution in [2.75, 3.05) is 46.4 Å². The number of hydrogen-bond donors (Lipinski definition) is 0. The molecule has 0 aromatic carbocycles. The van der Waals surface area contributed by atoms with Crippen molar-refractivity contribution >= 4 is 0 Å². The van der Waals surface area contributed by atoms with Gasteiger partial charge in [0.25, 0.3) is 0 Å². The Hall–Kier alpha value is -1.20. The number of ether oxygens (including phenoxy) is 1. The molecule has 0 bridgehead atoms. The lowest BCUT2D eigenvalue weighted by atomic mass is 10.3. The number of aromatic nitrogens is 2. The molecule has 1 fully saturated rings. The molecule has 0 aliphatic carbocycles. The van der Waals surface area contributed by atoms with E-state index in [2.05, 4.69) is 33.7 Å². The Bertz CT molecular complexity index is 442. The number of nitrogens with zero attached hydrogens (tertiary/aromatic N) is 4. The van der Waals surface area contributed by atoms with Gasteiger partial charge in [-0.25, -0.2) is 4.98 Å². The van der Waals surface area contributed by atoms with Crippen LogP contribution in [-0.2, 0) is 6.42 Å². The van der Waals surface area contributed by atoms with Crippen LogP contribution in [0.25, 0.3) is 0 Å². The van der Waals surface area contributed by atoms with E-state index in [4.69, 9.17) is 4.74 Å². The van der Waals surface area contributed by atoms with E-state index in [0.29, 0.717) is 12.5 Å². The molecule has 0 amide bonds. The van der Waals surface area contributed by atoms with Gasteiger partial charge in [-0.3, -0.25) is 9.88 Å². The van der Waals surface area contributed by atoms with Crippen LogP contribution in [0.4, 0.5) is 0 Å². The van der Waals surface area contributed by atoms with Crippen molar-refractivity contribution in [2.45, 2.75) is 27.2 Å². The average molecular weight is 278 g/mol. The van der Waals surface area contributed by atoms with E-state index >= 15 is 0 Å². The molecule has 0 N–H and O–H groups in total. The zero-order chi connectivity index (χ0) is 14.5. The fourth-order valence-corrected chi connectivity index (χ4v) is 2.32. The lowest BCUT2D eigenvalue weighted by Crippen LogP contribution is -2.45. The fraction of sp³-hybridized carbons (Fsp3) is 0.733. The maximum absolute atomic E-state index is 5.86. The summed E-state index contributed by atoms with van der Waals surface area (Å²) in [4.78, 5) is 13.9. The highest BCUT2D eigenvalue weighted by molar-refractivity contribution is 5.23. The standard InChI is InChI=1S/C15H26N4O/c1-5-14-15(17-13(3)12(2)16-14)20-11-10-19-8-6-18(4)7-9-19/h5-11H2,1-4H3. The van der Waals surface area contributed by atoms with Crippen molar-refractivity contribution in [3.05, 3.63) is 17.1 Å². The predicted molar refractivity (Wildman–Crippen MR) is 80.3 cm³/mol. The Morgan fingerprint density at radius 2 is 1.70 bits per heavy atom. The molecule has 112 valence electrons. The molecule has 1 aromatic heterocycles.